The molecule has 0 aliphatic heterocycles. The van der Waals surface area contributed by atoms with Crippen molar-refractivity contribution in [3.63, 3.8) is 0 Å². The van der Waals surface area contributed by atoms with E-state index in [0.29, 0.717) is 6.04 Å². The summed E-state index contributed by atoms with van der Waals surface area (Å²) in [6, 6.07) is 0.376. The molecule has 1 rings (SSSR count). The van der Waals surface area contributed by atoms with Crippen LogP contribution in [0.25, 0.3) is 0 Å². The van der Waals surface area contributed by atoms with E-state index in [4.69, 9.17) is 0 Å². The van der Waals surface area contributed by atoms with Crippen molar-refractivity contribution in [2.24, 2.45) is 7.05 Å². The van der Waals surface area contributed by atoms with Gasteiger partial charge in [-0.2, -0.15) is 0 Å². The van der Waals surface area contributed by atoms with Gasteiger partial charge in [-0.1, -0.05) is 0 Å². The van der Waals surface area contributed by atoms with Gasteiger partial charge in [-0.3, -0.25) is 4.90 Å². The number of rotatable bonds is 4. The zero-order chi connectivity index (χ0) is 11.6. The molecular weight excluding hydrogens is 188 g/mol. The molecule has 0 aromatic carbocycles. The summed E-state index contributed by atoms with van der Waals surface area (Å²) in [5.41, 5.74) is 2.43. The second kappa shape index (κ2) is 4.77. The first-order valence-corrected chi connectivity index (χ1v) is 5.29. The van der Waals surface area contributed by atoms with Crippen LogP contribution in [0, 0.1) is 13.8 Å². The maximum atomic E-state index is 4.50. The van der Waals surface area contributed by atoms with Crippen molar-refractivity contribution < 1.29 is 0 Å². The van der Waals surface area contributed by atoms with Gasteiger partial charge in [-0.15, -0.1) is 0 Å². The Morgan fingerprint density at radius 3 is 2.33 bits per heavy atom. The number of nitrogens with one attached hydrogen (secondary N) is 1. The van der Waals surface area contributed by atoms with Crippen LogP contribution in [-0.2, 0) is 7.05 Å². The monoisotopic (exact) mass is 210 g/mol. The number of hydrogen-bond donors (Lipinski definition) is 1. The molecule has 86 valence electrons. The topological polar surface area (TPSA) is 33.1 Å². The number of likely N-dealkylation sites (N-methyl/N-ethyl adjacent to an activating group) is 2. The summed E-state index contributed by atoms with van der Waals surface area (Å²) in [5.74, 6) is 1.07. The van der Waals surface area contributed by atoms with Crippen molar-refractivity contribution in [3.8, 4) is 0 Å². The maximum absolute atomic E-state index is 4.50. The van der Waals surface area contributed by atoms with Crippen LogP contribution in [-0.4, -0.2) is 42.1 Å². The van der Waals surface area contributed by atoms with Crippen LogP contribution in [0.2, 0.25) is 0 Å². The Morgan fingerprint density at radius 2 is 2.00 bits per heavy atom. The third-order valence-electron chi connectivity index (χ3n) is 2.88. The molecular formula is C11H22N4. The molecule has 1 N–H and O–H groups in total. The summed E-state index contributed by atoms with van der Waals surface area (Å²) in [7, 11) is 8.26. The molecule has 1 aromatic rings. The smallest absolute Gasteiger partial charge is 0.105 e. The molecule has 0 aliphatic carbocycles. The summed E-state index contributed by atoms with van der Waals surface area (Å²) < 4.78 is 2.18. The molecule has 0 radical (unpaired) electrons. The Bertz CT molecular complexity index is 328. The Hall–Kier alpha value is -0.870. The van der Waals surface area contributed by atoms with Gasteiger partial charge in [0.2, 0.25) is 0 Å². The van der Waals surface area contributed by atoms with Gasteiger partial charge in [0.25, 0.3) is 0 Å². The SMILES string of the molecule is CNCC(c1c(C)nc(C)n1C)N(C)C. The van der Waals surface area contributed by atoms with Crippen LogP contribution in [0.4, 0.5) is 0 Å². The van der Waals surface area contributed by atoms with E-state index in [1.54, 1.807) is 0 Å². The molecule has 1 unspecified atom stereocenters. The van der Waals surface area contributed by atoms with E-state index in [0.717, 1.165) is 18.1 Å². The van der Waals surface area contributed by atoms with Crippen LogP contribution >= 0.6 is 0 Å². The summed E-state index contributed by atoms with van der Waals surface area (Å²) in [6.45, 7) is 5.06. The normalized spacial score (nSPS) is 13.5. The minimum atomic E-state index is 0.376. The quantitative estimate of drug-likeness (QED) is 0.800. The number of aryl methyl sites for hydroxylation is 2. The second-order valence-electron chi connectivity index (χ2n) is 4.23. The summed E-state index contributed by atoms with van der Waals surface area (Å²) >= 11 is 0. The Balaban J connectivity index is 3.10. The summed E-state index contributed by atoms with van der Waals surface area (Å²) in [6.07, 6.45) is 0. The first-order chi connectivity index (χ1) is 6.99. The van der Waals surface area contributed by atoms with Crippen LogP contribution in [0.15, 0.2) is 0 Å². The average molecular weight is 210 g/mol. The van der Waals surface area contributed by atoms with Crippen molar-refractivity contribution in [1.82, 2.24) is 19.8 Å². The molecule has 4 heteroatoms. The molecule has 1 heterocycles. The molecule has 0 fully saturated rings. The molecule has 4 nitrogen and oxygen atoms in total. The number of aromatic nitrogens is 2. The van der Waals surface area contributed by atoms with E-state index in [9.17, 15) is 0 Å². The molecule has 0 saturated heterocycles. The zero-order valence-corrected chi connectivity index (χ0v) is 10.6. The summed E-state index contributed by atoms with van der Waals surface area (Å²) in [5, 5.41) is 3.23. The highest BCUT2D eigenvalue weighted by Crippen LogP contribution is 2.21. The van der Waals surface area contributed by atoms with Crippen LogP contribution < -0.4 is 5.32 Å². The van der Waals surface area contributed by atoms with Crippen LogP contribution in [0.1, 0.15) is 23.3 Å². The standard InChI is InChI=1S/C11H22N4/c1-8-11(15(6)9(2)13-8)10(7-12-3)14(4)5/h10,12H,7H2,1-6H3. The van der Waals surface area contributed by atoms with Gasteiger partial charge in [0, 0.05) is 13.6 Å². The fourth-order valence-electron chi connectivity index (χ4n) is 1.97. The largest absolute Gasteiger partial charge is 0.334 e. The van der Waals surface area contributed by atoms with Gasteiger partial charge < -0.3 is 9.88 Å². The lowest BCUT2D eigenvalue weighted by Gasteiger charge is -2.25. The second-order valence-corrected chi connectivity index (χ2v) is 4.23. The highest BCUT2D eigenvalue weighted by Gasteiger charge is 2.20. The zero-order valence-electron chi connectivity index (χ0n) is 10.6. The molecule has 0 aliphatic rings. The average Bonchev–Trinajstić information content (AvgIpc) is 2.38. The van der Waals surface area contributed by atoms with Crippen molar-refractivity contribution in [2.45, 2.75) is 19.9 Å². The highest BCUT2D eigenvalue weighted by atomic mass is 15.2. The van der Waals surface area contributed by atoms with E-state index in [2.05, 4.69) is 47.8 Å². The lowest BCUT2D eigenvalue weighted by atomic mass is 10.1. The first kappa shape index (κ1) is 12.2. The van der Waals surface area contributed by atoms with E-state index < -0.39 is 0 Å². The molecule has 1 aromatic heterocycles. The van der Waals surface area contributed by atoms with Crippen LogP contribution in [0.5, 0.6) is 0 Å². The van der Waals surface area contributed by atoms with E-state index in [-0.39, 0.29) is 0 Å². The number of nitrogens with zero attached hydrogens (tertiary/aromatic N) is 3. The fourth-order valence-corrected chi connectivity index (χ4v) is 1.97. The van der Waals surface area contributed by atoms with Crippen molar-refractivity contribution >= 4 is 0 Å². The maximum Gasteiger partial charge on any atom is 0.105 e. The van der Waals surface area contributed by atoms with Gasteiger partial charge in [0.1, 0.15) is 5.82 Å². The fraction of sp³-hybridized carbons (Fsp3) is 0.727. The highest BCUT2D eigenvalue weighted by molar-refractivity contribution is 5.19. The number of imidazole rings is 1. The molecule has 0 spiro atoms. The van der Waals surface area contributed by atoms with Crippen molar-refractivity contribution in [2.75, 3.05) is 27.7 Å². The van der Waals surface area contributed by atoms with Crippen LogP contribution in [0.3, 0.4) is 0 Å². The van der Waals surface area contributed by atoms with E-state index in [1.165, 1.54) is 5.69 Å². The third kappa shape index (κ3) is 2.38. The first-order valence-electron chi connectivity index (χ1n) is 5.29. The van der Waals surface area contributed by atoms with Crippen molar-refractivity contribution in [1.29, 1.82) is 0 Å². The Labute approximate surface area is 92.3 Å². The molecule has 0 amide bonds. The number of hydrogen-bond acceptors (Lipinski definition) is 3. The molecule has 0 saturated carbocycles. The lowest BCUT2D eigenvalue weighted by Crippen LogP contribution is -2.31. The Kier molecular flexibility index (Phi) is 3.88. The van der Waals surface area contributed by atoms with E-state index in [1.807, 2.05) is 14.0 Å². The lowest BCUT2D eigenvalue weighted by molar-refractivity contribution is 0.282. The van der Waals surface area contributed by atoms with Gasteiger partial charge in [-0.25, -0.2) is 4.98 Å². The van der Waals surface area contributed by atoms with Crippen molar-refractivity contribution in [3.05, 3.63) is 17.2 Å². The van der Waals surface area contributed by atoms with E-state index >= 15 is 0 Å². The van der Waals surface area contributed by atoms with Gasteiger partial charge in [0.05, 0.1) is 17.4 Å². The predicted octanol–water partition coefficient (Wildman–Crippen LogP) is 0.859. The molecule has 15 heavy (non-hydrogen) atoms. The molecule has 1 atom stereocenters. The Morgan fingerprint density at radius 1 is 1.40 bits per heavy atom. The predicted molar refractivity (Wildman–Crippen MR) is 63.0 cm³/mol. The molecule has 0 bridgehead atoms. The minimum absolute atomic E-state index is 0.376. The van der Waals surface area contributed by atoms with Gasteiger partial charge >= 0.3 is 0 Å². The van der Waals surface area contributed by atoms with Gasteiger partial charge in [0.15, 0.2) is 0 Å². The summed E-state index contributed by atoms with van der Waals surface area (Å²) in [4.78, 5) is 6.73. The minimum Gasteiger partial charge on any atom is -0.334 e. The third-order valence-corrected chi connectivity index (χ3v) is 2.88. The van der Waals surface area contributed by atoms with Gasteiger partial charge in [-0.05, 0) is 35.0 Å².